The lowest BCUT2D eigenvalue weighted by molar-refractivity contribution is -0.134. The van der Waals surface area contributed by atoms with Gasteiger partial charge in [0, 0.05) is 37.6 Å². The van der Waals surface area contributed by atoms with Crippen molar-refractivity contribution in [2.75, 3.05) is 39.8 Å². The number of ether oxygens (including phenoxy) is 1. The predicted octanol–water partition coefficient (Wildman–Crippen LogP) is 0.795. The second-order valence-electron chi connectivity index (χ2n) is 6.36. The first-order valence-electron chi connectivity index (χ1n) is 8.24. The molecule has 1 fully saturated rings. The zero-order chi connectivity index (χ0) is 18.0. The molecule has 7 nitrogen and oxygen atoms in total. The third-order valence-electron chi connectivity index (χ3n) is 4.39. The van der Waals surface area contributed by atoms with E-state index in [9.17, 15) is 9.59 Å². The van der Waals surface area contributed by atoms with Crippen LogP contribution in [0.1, 0.15) is 16.1 Å². The highest BCUT2D eigenvalue weighted by atomic mass is 16.5. The van der Waals surface area contributed by atoms with Gasteiger partial charge in [0.15, 0.2) is 6.61 Å². The summed E-state index contributed by atoms with van der Waals surface area (Å²) in [5, 5.41) is 0.752. The number of piperazine rings is 1. The average Bonchev–Trinajstić information content (AvgIpc) is 2.59. The van der Waals surface area contributed by atoms with Gasteiger partial charge in [0.2, 0.25) is 0 Å². The van der Waals surface area contributed by atoms with Crippen LogP contribution in [-0.2, 0) is 4.79 Å². The highest BCUT2D eigenvalue weighted by molar-refractivity contribution is 5.96. The number of amides is 2. The molecular formula is C18H22N4O3. The topological polar surface area (TPSA) is 88.8 Å². The zero-order valence-electron chi connectivity index (χ0n) is 14.5. The van der Waals surface area contributed by atoms with Gasteiger partial charge < -0.3 is 20.3 Å². The van der Waals surface area contributed by atoms with E-state index in [1.807, 2.05) is 32.2 Å². The average molecular weight is 342 g/mol. The Morgan fingerprint density at radius 3 is 2.60 bits per heavy atom. The van der Waals surface area contributed by atoms with E-state index < -0.39 is 5.91 Å². The lowest BCUT2D eigenvalue weighted by atomic mass is 10.1. The molecule has 2 amide bonds. The van der Waals surface area contributed by atoms with Crippen LogP contribution in [0.4, 0.5) is 0 Å². The largest absolute Gasteiger partial charge is 0.483 e. The molecule has 2 N–H and O–H groups in total. The summed E-state index contributed by atoms with van der Waals surface area (Å²) in [5.41, 5.74) is 7.12. The predicted molar refractivity (Wildman–Crippen MR) is 94.6 cm³/mol. The first-order chi connectivity index (χ1) is 11.9. The third kappa shape index (κ3) is 3.88. The Balaban J connectivity index is 1.80. The molecule has 0 radical (unpaired) electrons. The fraction of sp³-hybridized carbons (Fsp3) is 0.389. The summed E-state index contributed by atoms with van der Waals surface area (Å²) < 4.78 is 5.74. The van der Waals surface area contributed by atoms with Gasteiger partial charge in [-0.3, -0.25) is 9.59 Å². The monoisotopic (exact) mass is 342 g/mol. The summed E-state index contributed by atoms with van der Waals surface area (Å²) in [6, 6.07) is 7.16. The Kier molecular flexibility index (Phi) is 4.85. The summed E-state index contributed by atoms with van der Waals surface area (Å²) in [7, 11) is 2.04. The van der Waals surface area contributed by atoms with E-state index in [1.165, 1.54) is 6.07 Å². The van der Waals surface area contributed by atoms with Crippen molar-refractivity contribution in [2.45, 2.75) is 6.92 Å². The van der Waals surface area contributed by atoms with Crippen LogP contribution in [0, 0.1) is 6.92 Å². The molecule has 132 valence electrons. The van der Waals surface area contributed by atoms with Crippen molar-refractivity contribution >= 4 is 22.7 Å². The van der Waals surface area contributed by atoms with Crippen LogP contribution in [0.5, 0.6) is 5.75 Å². The van der Waals surface area contributed by atoms with Gasteiger partial charge in [0.05, 0.1) is 5.52 Å². The molecule has 1 aliphatic rings. The first-order valence-corrected chi connectivity index (χ1v) is 8.24. The molecule has 3 rings (SSSR count). The van der Waals surface area contributed by atoms with Crippen molar-refractivity contribution < 1.29 is 14.3 Å². The lowest BCUT2D eigenvalue weighted by Gasteiger charge is -2.32. The second kappa shape index (κ2) is 7.06. The van der Waals surface area contributed by atoms with Crippen LogP contribution in [0.2, 0.25) is 0 Å². The normalized spacial score (nSPS) is 15.4. The Bertz CT molecular complexity index is 813. The molecule has 2 heterocycles. The second-order valence-corrected chi connectivity index (χ2v) is 6.36. The van der Waals surface area contributed by atoms with Crippen LogP contribution in [0.25, 0.3) is 10.9 Å². The number of aryl methyl sites for hydroxylation is 1. The van der Waals surface area contributed by atoms with E-state index in [-0.39, 0.29) is 18.2 Å². The van der Waals surface area contributed by atoms with Crippen LogP contribution >= 0.6 is 0 Å². The smallest absolute Gasteiger partial charge is 0.267 e. The maximum atomic E-state index is 12.4. The van der Waals surface area contributed by atoms with Gasteiger partial charge in [-0.05, 0) is 31.7 Å². The van der Waals surface area contributed by atoms with E-state index in [1.54, 1.807) is 4.90 Å². The van der Waals surface area contributed by atoms with Gasteiger partial charge in [-0.1, -0.05) is 6.07 Å². The molecule has 7 heteroatoms. The number of carbonyl (C=O) groups excluding carboxylic acids is 2. The zero-order valence-corrected chi connectivity index (χ0v) is 14.5. The number of primary amides is 1. The molecule has 1 aromatic heterocycles. The number of pyridine rings is 1. The maximum Gasteiger partial charge on any atom is 0.267 e. The van der Waals surface area contributed by atoms with E-state index in [0.717, 1.165) is 24.0 Å². The molecule has 0 aliphatic carbocycles. The molecule has 1 saturated heterocycles. The van der Waals surface area contributed by atoms with Gasteiger partial charge >= 0.3 is 0 Å². The number of likely N-dealkylation sites (N-methyl/N-ethyl adjacent to an activating group) is 1. The summed E-state index contributed by atoms with van der Waals surface area (Å²) in [6.45, 7) is 4.97. The Labute approximate surface area is 146 Å². The number of nitrogens with two attached hydrogens (primary N) is 1. The van der Waals surface area contributed by atoms with Crippen molar-refractivity contribution in [2.24, 2.45) is 5.73 Å². The van der Waals surface area contributed by atoms with Crippen LogP contribution in [-0.4, -0.2) is 66.4 Å². The number of benzene rings is 1. The molecular weight excluding hydrogens is 320 g/mol. The number of aromatic nitrogens is 1. The van der Waals surface area contributed by atoms with Crippen LogP contribution in [0.3, 0.4) is 0 Å². The number of nitrogens with zero attached hydrogens (tertiary/aromatic N) is 3. The van der Waals surface area contributed by atoms with Crippen molar-refractivity contribution in [3.05, 3.63) is 35.5 Å². The van der Waals surface area contributed by atoms with E-state index in [4.69, 9.17) is 10.5 Å². The molecule has 0 spiro atoms. The van der Waals surface area contributed by atoms with Crippen LogP contribution < -0.4 is 10.5 Å². The fourth-order valence-electron chi connectivity index (χ4n) is 2.84. The first kappa shape index (κ1) is 17.2. The van der Waals surface area contributed by atoms with Crippen molar-refractivity contribution in [1.82, 2.24) is 14.8 Å². The molecule has 1 aliphatic heterocycles. The standard InChI is InChI=1S/C18H22N4O3/c1-12-3-4-13-14(9-12)20-15(18(19)24)10-16(13)25-11-17(23)22-7-5-21(2)6-8-22/h3-4,9-10H,5-8,11H2,1-2H3,(H2,19,24). The molecule has 1 aromatic carbocycles. The maximum absolute atomic E-state index is 12.4. The summed E-state index contributed by atoms with van der Waals surface area (Å²) in [4.78, 5) is 32.1. The molecule has 25 heavy (non-hydrogen) atoms. The summed E-state index contributed by atoms with van der Waals surface area (Å²) in [6.07, 6.45) is 0. The Morgan fingerprint density at radius 1 is 1.20 bits per heavy atom. The number of rotatable bonds is 4. The van der Waals surface area contributed by atoms with Crippen molar-refractivity contribution in [3.63, 3.8) is 0 Å². The number of fused-ring (bicyclic) bond motifs is 1. The SMILES string of the molecule is Cc1ccc2c(OCC(=O)N3CCN(C)CC3)cc(C(N)=O)nc2c1. The lowest BCUT2D eigenvalue weighted by Crippen LogP contribution is -2.48. The Hall–Kier alpha value is -2.67. The van der Waals surface area contributed by atoms with Crippen molar-refractivity contribution in [1.29, 1.82) is 0 Å². The van der Waals surface area contributed by atoms with Gasteiger partial charge in [-0.2, -0.15) is 0 Å². The molecule has 0 atom stereocenters. The summed E-state index contributed by atoms with van der Waals surface area (Å²) in [5.74, 6) is -0.245. The van der Waals surface area contributed by atoms with Gasteiger partial charge in [-0.25, -0.2) is 4.98 Å². The summed E-state index contributed by atoms with van der Waals surface area (Å²) >= 11 is 0. The highest BCUT2D eigenvalue weighted by Gasteiger charge is 2.20. The fourth-order valence-corrected chi connectivity index (χ4v) is 2.84. The molecule has 0 unspecified atom stereocenters. The van der Waals surface area contributed by atoms with E-state index >= 15 is 0 Å². The minimum absolute atomic E-state index is 0.0641. The third-order valence-corrected chi connectivity index (χ3v) is 4.39. The number of carbonyl (C=O) groups is 2. The van der Waals surface area contributed by atoms with E-state index in [0.29, 0.717) is 24.4 Å². The van der Waals surface area contributed by atoms with E-state index in [2.05, 4.69) is 9.88 Å². The number of hydrogen-bond acceptors (Lipinski definition) is 5. The quantitative estimate of drug-likeness (QED) is 0.888. The van der Waals surface area contributed by atoms with Crippen molar-refractivity contribution in [3.8, 4) is 5.75 Å². The Morgan fingerprint density at radius 2 is 1.92 bits per heavy atom. The molecule has 2 aromatic rings. The van der Waals surface area contributed by atoms with Gasteiger partial charge in [-0.15, -0.1) is 0 Å². The van der Waals surface area contributed by atoms with Gasteiger partial charge in [0.25, 0.3) is 11.8 Å². The minimum Gasteiger partial charge on any atom is -0.483 e. The van der Waals surface area contributed by atoms with Crippen LogP contribution in [0.15, 0.2) is 24.3 Å². The number of hydrogen-bond donors (Lipinski definition) is 1. The molecule has 0 saturated carbocycles. The van der Waals surface area contributed by atoms with Gasteiger partial charge in [0.1, 0.15) is 11.4 Å². The minimum atomic E-state index is -0.626. The molecule has 0 bridgehead atoms. The highest BCUT2D eigenvalue weighted by Crippen LogP contribution is 2.26.